The summed E-state index contributed by atoms with van der Waals surface area (Å²) in [6.07, 6.45) is 2.58. The Hall–Kier alpha value is -0.500. The molecule has 0 N–H and O–H groups in total. The zero-order valence-electron chi connectivity index (χ0n) is 6.52. The summed E-state index contributed by atoms with van der Waals surface area (Å²) in [6, 6.07) is 0. The van der Waals surface area contributed by atoms with Crippen molar-refractivity contribution < 1.29 is 9.53 Å². The van der Waals surface area contributed by atoms with E-state index < -0.39 is 0 Å². The van der Waals surface area contributed by atoms with Gasteiger partial charge in [0.25, 0.3) is 0 Å². The summed E-state index contributed by atoms with van der Waals surface area (Å²) in [4.78, 5) is 11.1. The van der Waals surface area contributed by atoms with Crippen LogP contribution in [-0.2, 0) is 9.53 Å². The zero-order valence-corrected chi connectivity index (χ0v) is 7.28. The summed E-state index contributed by atoms with van der Waals surface area (Å²) in [5, 5.41) is 0.684. The summed E-state index contributed by atoms with van der Waals surface area (Å²) >= 11 is 5.79. The Kier molecular flexibility index (Phi) is 2.94. The summed E-state index contributed by atoms with van der Waals surface area (Å²) < 4.78 is 4.81. The van der Waals surface area contributed by atoms with Gasteiger partial charge in [0, 0.05) is 5.03 Å². The molecule has 0 spiro atoms. The van der Waals surface area contributed by atoms with Crippen molar-refractivity contribution in [3.63, 3.8) is 0 Å². The lowest BCUT2D eigenvalue weighted by atomic mass is 10.2. The topological polar surface area (TPSA) is 26.3 Å². The van der Waals surface area contributed by atoms with E-state index in [2.05, 4.69) is 0 Å². The molecular formula is C8H11ClO2. The van der Waals surface area contributed by atoms with E-state index in [1.54, 1.807) is 6.92 Å². The van der Waals surface area contributed by atoms with Gasteiger partial charge in [-0.1, -0.05) is 11.6 Å². The maximum atomic E-state index is 11.1. The van der Waals surface area contributed by atoms with Gasteiger partial charge in [-0.25, -0.2) is 4.79 Å². The van der Waals surface area contributed by atoms with Gasteiger partial charge in [-0.05, 0) is 26.2 Å². The van der Waals surface area contributed by atoms with Crippen molar-refractivity contribution in [3.05, 3.63) is 10.6 Å². The Morgan fingerprint density at radius 1 is 1.64 bits per heavy atom. The van der Waals surface area contributed by atoms with E-state index in [1.165, 1.54) is 0 Å². The molecule has 0 aliphatic heterocycles. The molecule has 0 amide bonds. The quantitative estimate of drug-likeness (QED) is 0.601. The first kappa shape index (κ1) is 8.60. The first-order chi connectivity index (χ1) is 5.25. The Bertz CT molecular complexity index is 196. The highest BCUT2D eigenvalue weighted by atomic mass is 35.5. The standard InChI is InChI=1S/C8H11ClO2/c1-2-11-8(10)6-4-3-5-7(6)9/h2-5H2,1H3. The van der Waals surface area contributed by atoms with Crippen LogP contribution in [-0.4, -0.2) is 12.6 Å². The monoisotopic (exact) mass is 174 g/mol. The number of hydrogen-bond acceptors (Lipinski definition) is 2. The molecule has 0 aromatic heterocycles. The molecule has 2 nitrogen and oxygen atoms in total. The minimum Gasteiger partial charge on any atom is -0.463 e. The van der Waals surface area contributed by atoms with Crippen LogP contribution >= 0.6 is 11.6 Å². The fraction of sp³-hybridized carbons (Fsp3) is 0.625. The highest BCUT2D eigenvalue weighted by Gasteiger charge is 2.19. The normalized spacial score (nSPS) is 17.3. The zero-order chi connectivity index (χ0) is 8.27. The predicted molar refractivity (Wildman–Crippen MR) is 43.4 cm³/mol. The molecule has 1 aliphatic carbocycles. The molecule has 0 aromatic rings. The van der Waals surface area contributed by atoms with Gasteiger partial charge in [-0.3, -0.25) is 0 Å². The molecule has 0 aromatic carbocycles. The third-order valence-corrected chi connectivity index (χ3v) is 2.09. The first-order valence-electron chi connectivity index (χ1n) is 3.80. The molecule has 0 unspecified atom stereocenters. The molecule has 1 rings (SSSR count). The summed E-state index contributed by atoms with van der Waals surface area (Å²) in [6.45, 7) is 2.22. The molecule has 11 heavy (non-hydrogen) atoms. The van der Waals surface area contributed by atoms with Gasteiger partial charge in [0.15, 0.2) is 0 Å². The fourth-order valence-electron chi connectivity index (χ4n) is 1.14. The van der Waals surface area contributed by atoms with Crippen LogP contribution in [0.25, 0.3) is 0 Å². The van der Waals surface area contributed by atoms with Crippen molar-refractivity contribution in [2.45, 2.75) is 26.2 Å². The van der Waals surface area contributed by atoms with E-state index in [0.29, 0.717) is 17.2 Å². The van der Waals surface area contributed by atoms with Gasteiger partial charge in [0.1, 0.15) is 0 Å². The number of esters is 1. The van der Waals surface area contributed by atoms with Gasteiger partial charge in [-0.15, -0.1) is 0 Å². The molecule has 0 heterocycles. The molecule has 0 fully saturated rings. The number of rotatable bonds is 2. The van der Waals surface area contributed by atoms with Crippen LogP contribution in [0.2, 0.25) is 0 Å². The smallest absolute Gasteiger partial charge is 0.335 e. The predicted octanol–water partition coefficient (Wildman–Crippen LogP) is 2.23. The van der Waals surface area contributed by atoms with E-state index in [0.717, 1.165) is 19.3 Å². The van der Waals surface area contributed by atoms with Crippen LogP contribution in [0.1, 0.15) is 26.2 Å². The number of carbonyl (C=O) groups excluding carboxylic acids is 1. The van der Waals surface area contributed by atoms with Gasteiger partial charge in [0.05, 0.1) is 12.2 Å². The second-order valence-electron chi connectivity index (χ2n) is 2.46. The third kappa shape index (κ3) is 1.96. The van der Waals surface area contributed by atoms with E-state index in [4.69, 9.17) is 16.3 Å². The van der Waals surface area contributed by atoms with E-state index in [-0.39, 0.29) is 5.97 Å². The molecule has 0 saturated heterocycles. The number of allylic oxidation sites excluding steroid dienone is 1. The second-order valence-corrected chi connectivity index (χ2v) is 2.91. The largest absolute Gasteiger partial charge is 0.463 e. The van der Waals surface area contributed by atoms with Crippen molar-refractivity contribution in [1.29, 1.82) is 0 Å². The Balaban J connectivity index is 2.59. The maximum absolute atomic E-state index is 11.1. The van der Waals surface area contributed by atoms with Gasteiger partial charge in [0.2, 0.25) is 0 Å². The van der Waals surface area contributed by atoms with Crippen molar-refractivity contribution >= 4 is 17.6 Å². The van der Waals surface area contributed by atoms with Crippen LogP contribution in [0, 0.1) is 0 Å². The molecule has 3 heteroatoms. The van der Waals surface area contributed by atoms with Gasteiger partial charge >= 0.3 is 5.97 Å². The molecular weight excluding hydrogens is 164 g/mol. The minimum absolute atomic E-state index is 0.241. The molecule has 0 bridgehead atoms. The van der Waals surface area contributed by atoms with Gasteiger partial charge in [-0.2, -0.15) is 0 Å². The lowest BCUT2D eigenvalue weighted by Crippen LogP contribution is -2.06. The Morgan fingerprint density at radius 3 is 2.82 bits per heavy atom. The lowest BCUT2D eigenvalue weighted by molar-refractivity contribution is -0.138. The van der Waals surface area contributed by atoms with Crippen molar-refractivity contribution in [2.24, 2.45) is 0 Å². The molecule has 0 atom stereocenters. The molecule has 62 valence electrons. The minimum atomic E-state index is -0.241. The highest BCUT2D eigenvalue weighted by molar-refractivity contribution is 6.31. The van der Waals surface area contributed by atoms with E-state index >= 15 is 0 Å². The summed E-state index contributed by atoms with van der Waals surface area (Å²) in [5.74, 6) is -0.241. The highest BCUT2D eigenvalue weighted by Crippen LogP contribution is 2.29. The molecule has 1 aliphatic rings. The Labute approximate surface area is 71.2 Å². The van der Waals surface area contributed by atoms with Crippen molar-refractivity contribution in [1.82, 2.24) is 0 Å². The van der Waals surface area contributed by atoms with Gasteiger partial charge < -0.3 is 4.74 Å². The number of halogens is 1. The maximum Gasteiger partial charge on any atom is 0.335 e. The Morgan fingerprint density at radius 2 is 2.36 bits per heavy atom. The fourth-order valence-corrected chi connectivity index (χ4v) is 1.44. The van der Waals surface area contributed by atoms with Crippen LogP contribution in [0.15, 0.2) is 10.6 Å². The lowest BCUT2D eigenvalue weighted by Gasteiger charge is -2.01. The number of ether oxygens (including phenoxy) is 1. The van der Waals surface area contributed by atoms with Crippen molar-refractivity contribution in [3.8, 4) is 0 Å². The van der Waals surface area contributed by atoms with E-state index in [1.807, 2.05) is 0 Å². The van der Waals surface area contributed by atoms with Crippen LogP contribution in [0.3, 0.4) is 0 Å². The first-order valence-corrected chi connectivity index (χ1v) is 4.18. The number of carbonyl (C=O) groups is 1. The van der Waals surface area contributed by atoms with E-state index in [9.17, 15) is 4.79 Å². The number of hydrogen-bond donors (Lipinski definition) is 0. The second kappa shape index (κ2) is 3.77. The SMILES string of the molecule is CCOC(=O)C1=C(Cl)CCC1. The average Bonchev–Trinajstić information content (AvgIpc) is 2.36. The van der Waals surface area contributed by atoms with Crippen LogP contribution in [0.5, 0.6) is 0 Å². The summed E-state index contributed by atoms with van der Waals surface area (Å²) in [5.41, 5.74) is 0.675. The van der Waals surface area contributed by atoms with Crippen LogP contribution < -0.4 is 0 Å². The molecule has 0 saturated carbocycles. The van der Waals surface area contributed by atoms with Crippen LogP contribution in [0.4, 0.5) is 0 Å². The molecule has 0 radical (unpaired) electrons. The van der Waals surface area contributed by atoms with Crippen molar-refractivity contribution in [2.75, 3.05) is 6.61 Å². The summed E-state index contributed by atoms with van der Waals surface area (Å²) in [7, 11) is 0. The third-order valence-electron chi connectivity index (χ3n) is 1.67. The average molecular weight is 175 g/mol.